The molecule has 0 amide bonds. The number of aryl methyl sites for hydroxylation is 1. The molecule has 128 valence electrons. The van der Waals surface area contributed by atoms with Gasteiger partial charge in [-0.15, -0.1) is 21.5 Å². The second kappa shape index (κ2) is 6.72. The Hall–Kier alpha value is -2.61. The molecule has 0 bridgehead atoms. The van der Waals surface area contributed by atoms with Crippen molar-refractivity contribution in [3.63, 3.8) is 0 Å². The Morgan fingerprint density at radius 1 is 1.28 bits per heavy atom. The summed E-state index contributed by atoms with van der Waals surface area (Å²) in [5.41, 5.74) is 7.73. The molecule has 2 unspecified atom stereocenters. The summed E-state index contributed by atoms with van der Waals surface area (Å²) < 4.78 is 5.85. The van der Waals surface area contributed by atoms with Crippen molar-refractivity contribution in [2.45, 2.75) is 25.7 Å². The lowest BCUT2D eigenvalue weighted by Gasteiger charge is -2.07. The lowest BCUT2D eigenvalue weighted by atomic mass is 10.2. The van der Waals surface area contributed by atoms with Gasteiger partial charge in [0, 0.05) is 36.2 Å². The molecule has 2 atom stereocenters. The number of nitrogen functional groups attached to an aromatic ring is 1. The summed E-state index contributed by atoms with van der Waals surface area (Å²) >= 11 is 1.55. The topological polar surface area (TPSA) is 99.7 Å². The van der Waals surface area contributed by atoms with E-state index in [-0.39, 0.29) is 5.95 Å². The molecule has 7 nitrogen and oxygen atoms in total. The lowest BCUT2D eigenvalue weighted by molar-refractivity contribution is 0.285. The maximum Gasteiger partial charge on any atom is 0.223 e. The molecular formula is C17H18N6OS. The highest BCUT2D eigenvalue weighted by atomic mass is 32.1. The largest absolute Gasteiger partial charge is 0.477 e. The van der Waals surface area contributed by atoms with Gasteiger partial charge >= 0.3 is 0 Å². The molecule has 2 N–H and O–H groups in total. The third-order valence-electron chi connectivity index (χ3n) is 4.11. The molecule has 1 aliphatic carbocycles. The Morgan fingerprint density at radius 2 is 2.20 bits per heavy atom. The minimum atomic E-state index is 0.214. The normalized spacial score (nSPS) is 18.9. The van der Waals surface area contributed by atoms with Crippen LogP contribution in [0.5, 0.6) is 5.88 Å². The van der Waals surface area contributed by atoms with Gasteiger partial charge in [0.05, 0.1) is 12.3 Å². The van der Waals surface area contributed by atoms with E-state index >= 15 is 0 Å². The van der Waals surface area contributed by atoms with Gasteiger partial charge in [-0.2, -0.15) is 4.98 Å². The van der Waals surface area contributed by atoms with Crippen LogP contribution in [-0.4, -0.2) is 31.8 Å². The summed E-state index contributed by atoms with van der Waals surface area (Å²) in [5, 5.41) is 9.97. The lowest BCUT2D eigenvalue weighted by Crippen LogP contribution is -2.07. The van der Waals surface area contributed by atoms with E-state index in [1.807, 2.05) is 31.3 Å². The molecule has 3 aromatic heterocycles. The van der Waals surface area contributed by atoms with Gasteiger partial charge in [-0.25, -0.2) is 4.98 Å². The fraction of sp³-hybridized carbons (Fsp3) is 0.353. The van der Waals surface area contributed by atoms with E-state index in [0.717, 1.165) is 27.8 Å². The van der Waals surface area contributed by atoms with Crippen LogP contribution in [0.2, 0.25) is 0 Å². The van der Waals surface area contributed by atoms with Crippen LogP contribution in [0.15, 0.2) is 30.5 Å². The van der Waals surface area contributed by atoms with Gasteiger partial charge in [0.25, 0.3) is 0 Å². The molecule has 25 heavy (non-hydrogen) atoms. The van der Waals surface area contributed by atoms with Gasteiger partial charge in [-0.05, 0) is 25.5 Å². The fourth-order valence-electron chi connectivity index (χ4n) is 2.80. The number of rotatable bonds is 6. The summed E-state index contributed by atoms with van der Waals surface area (Å²) in [6.07, 6.45) is 3.50. The SMILES string of the molecule is Cc1nnc(Cc2cc(OCC3CC3c3ccccn3)nc(N)n2)s1. The first kappa shape index (κ1) is 15.9. The summed E-state index contributed by atoms with van der Waals surface area (Å²) in [6, 6.07) is 7.84. The van der Waals surface area contributed by atoms with Gasteiger partial charge in [0.2, 0.25) is 11.8 Å². The molecule has 1 aliphatic rings. The molecule has 0 aliphatic heterocycles. The second-order valence-corrected chi connectivity index (χ2v) is 7.38. The van der Waals surface area contributed by atoms with Crippen LogP contribution in [0.1, 0.15) is 33.7 Å². The Bertz CT molecular complexity index is 869. The van der Waals surface area contributed by atoms with Crippen molar-refractivity contribution in [1.29, 1.82) is 0 Å². The molecule has 8 heteroatoms. The van der Waals surface area contributed by atoms with Gasteiger partial charge in [0.15, 0.2) is 0 Å². The highest BCUT2D eigenvalue weighted by molar-refractivity contribution is 7.11. The second-order valence-electron chi connectivity index (χ2n) is 6.12. The number of hydrogen-bond acceptors (Lipinski definition) is 8. The van der Waals surface area contributed by atoms with Gasteiger partial charge in [-0.1, -0.05) is 6.07 Å². The number of ether oxygens (including phenoxy) is 1. The number of anilines is 1. The van der Waals surface area contributed by atoms with E-state index in [1.165, 1.54) is 0 Å². The minimum Gasteiger partial charge on any atom is -0.477 e. The van der Waals surface area contributed by atoms with Crippen LogP contribution >= 0.6 is 11.3 Å². The third-order valence-corrected chi connectivity index (χ3v) is 4.95. The minimum absolute atomic E-state index is 0.214. The molecule has 0 spiro atoms. The molecule has 1 fully saturated rings. The summed E-state index contributed by atoms with van der Waals surface area (Å²) in [7, 11) is 0. The van der Waals surface area contributed by atoms with Crippen LogP contribution in [0, 0.1) is 12.8 Å². The van der Waals surface area contributed by atoms with Crippen LogP contribution in [-0.2, 0) is 6.42 Å². The standard InChI is InChI=1S/C17H18N6OS/c1-10-22-23-16(25-10)8-12-7-15(21-17(18)20-12)24-9-11-6-13(11)14-4-2-3-5-19-14/h2-5,7,11,13H,6,8-9H2,1H3,(H2,18,20,21). The van der Waals surface area contributed by atoms with Crippen molar-refractivity contribution in [3.05, 3.63) is 51.9 Å². The van der Waals surface area contributed by atoms with Crippen LogP contribution in [0.3, 0.4) is 0 Å². The van der Waals surface area contributed by atoms with Crippen LogP contribution in [0.4, 0.5) is 5.95 Å². The van der Waals surface area contributed by atoms with E-state index < -0.39 is 0 Å². The first-order valence-corrected chi connectivity index (χ1v) is 8.95. The Kier molecular flexibility index (Phi) is 4.27. The first-order chi connectivity index (χ1) is 12.2. The van der Waals surface area contributed by atoms with Gasteiger partial charge in [0.1, 0.15) is 10.0 Å². The van der Waals surface area contributed by atoms with Crippen LogP contribution < -0.4 is 10.5 Å². The van der Waals surface area contributed by atoms with E-state index in [4.69, 9.17) is 10.5 Å². The smallest absolute Gasteiger partial charge is 0.223 e. The Labute approximate surface area is 149 Å². The summed E-state index contributed by atoms with van der Waals surface area (Å²) in [4.78, 5) is 12.8. The highest BCUT2D eigenvalue weighted by Crippen LogP contribution is 2.46. The number of pyridine rings is 1. The van der Waals surface area contributed by atoms with Gasteiger partial charge in [-0.3, -0.25) is 4.98 Å². The molecule has 0 aromatic carbocycles. The Morgan fingerprint density at radius 3 is 2.96 bits per heavy atom. The fourth-order valence-corrected chi connectivity index (χ4v) is 3.53. The highest BCUT2D eigenvalue weighted by Gasteiger charge is 2.39. The number of nitrogens with two attached hydrogens (primary N) is 1. The van der Waals surface area contributed by atoms with Crippen molar-refractivity contribution in [3.8, 4) is 5.88 Å². The zero-order chi connectivity index (χ0) is 17.2. The maximum absolute atomic E-state index is 5.85. The number of aromatic nitrogens is 5. The molecule has 4 rings (SSSR count). The Balaban J connectivity index is 1.38. The summed E-state index contributed by atoms with van der Waals surface area (Å²) in [6.45, 7) is 2.53. The molecule has 3 heterocycles. The van der Waals surface area contributed by atoms with E-state index in [2.05, 4.69) is 31.2 Å². The van der Waals surface area contributed by atoms with Crippen LogP contribution in [0.25, 0.3) is 0 Å². The van der Waals surface area contributed by atoms with Crippen molar-refractivity contribution in [1.82, 2.24) is 25.1 Å². The maximum atomic E-state index is 5.85. The first-order valence-electron chi connectivity index (χ1n) is 8.13. The predicted molar refractivity (Wildman–Crippen MR) is 94.5 cm³/mol. The van der Waals surface area contributed by atoms with Crippen molar-refractivity contribution in [2.75, 3.05) is 12.3 Å². The zero-order valence-corrected chi connectivity index (χ0v) is 14.6. The quantitative estimate of drug-likeness (QED) is 0.725. The number of nitrogens with zero attached hydrogens (tertiary/aromatic N) is 5. The van der Waals surface area contributed by atoms with Crippen molar-refractivity contribution >= 4 is 17.3 Å². The zero-order valence-electron chi connectivity index (χ0n) is 13.8. The monoisotopic (exact) mass is 354 g/mol. The van der Waals surface area contributed by atoms with Crippen molar-refractivity contribution < 1.29 is 4.74 Å². The van der Waals surface area contributed by atoms with E-state index in [9.17, 15) is 0 Å². The number of hydrogen-bond donors (Lipinski definition) is 1. The summed E-state index contributed by atoms with van der Waals surface area (Å²) in [5.74, 6) is 1.67. The molecule has 3 aromatic rings. The predicted octanol–water partition coefficient (Wildman–Crippen LogP) is 2.39. The molecule has 0 saturated heterocycles. The average Bonchev–Trinajstić information content (AvgIpc) is 3.28. The third kappa shape index (κ3) is 3.90. The van der Waals surface area contributed by atoms with Crippen molar-refractivity contribution in [2.24, 2.45) is 5.92 Å². The molecule has 1 saturated carbocycles. The molecule has 0 radical (unpaired) electrons. The van der Waals surface area contributed by atoms with Gasteiger partial charge < -0.3 is 10.5 Å². The van der Waals surface area contributed by atoms with E-state index in [1.54, 1.807) is 11.3 Å². The van der Waals surface area contributed by atoms with E-state index in [0.29, 0.717) is 30.7 Å². The molecular weight excluding hydrogens is 336 g/mol. The average molecular weight is 354 g/mol.